The summed E-state index contributed by atoms with van der Waals surface area (Å²) in [5.41, 5.74) is 6.16. The van der Waals surface area contributed by atoms with E-state index in [1.54, 1.807) is 20.8 Å². The first-order valence-corrected chi connectivity index (χ1v) is 8.37. The molecule has 0 aromatic heterocycles. The Morgan fingerprint density at radius 2 is 1.44 bits per heavy atom. The first-order chi connectivity index (χ1) is 11.7. The zero-order valence-electron chi connectivity index (χ0n) is 15.4. The largest absolute Gasteiger partial charge is 0.444 e. The van der Waals surface area contributed by atoms with Crippen LogP contribution in [0.3, 0.4) is 0 Å². The Kier molecular flexibility index (Phi) is 7.86. The van der Waals surface area contributed by atoms with E-state index in [4.69, 9.17) is 5.73 Å². The van der Waals surface area contributed by atoms with Crippen LogP contribution in [0.15, 0.2) is 60.7 Å². The topological polar surface area (TPSA) is 69.4 Å². The zero-order valence-corrected chi connectivity index (χ0v) is 15.4. The number of benzene rings is 2. The van der Waals surface area contributed by atoms with E-state index in [2.05, 4.69) is 11.7 Å². The number of carbonyl (C=O) groups excluding carboxylic acids is 2. The Morgan fingerprint density at radius 3 is 1.80 bits per heavy atom. The van der Waals surface area contributed by atoms with Crippen molar-refractivity contribution in [1.82, 2.24) is 0 Å². The number of rotatable bonds is 4. The number of ether oxygens (including phenoxy) is 1. The number of hydrogen-bond donors (Lipinski definition) is 1. The molecule has 0 aliphatic heterocycles. The number of primary amides is 1. The maximum atomic E-state index is 12.4. The Hall–Kier alpha value is -2.62. The lowest BCUT2D eigenvalue weighted by atomic mass is 9.89. The first-order valence-electron chi connectivity index (χ1n) is 8.37. The molecule has 134 valence electrons. The summed E-state index contributed by atoms with van der Waals surface area (Å²) < 4.78 is 4.58. The number of hydrogen-bond acceptors (Lipinski definition) is 3. The molecular weight excluding hydrogens is 314 g/mol. The van der Waals surface area contributed by atoms with Gasteiger partial charge in [0.15, 0.2) is 5.78 Å². The maximum absolute atomic E-state index is 12.4. The summed E-state index contributed by atoms with van der Waals surface area (Å²) >= 11 is 0. The molecule has 2 rings (SSSR count). The third kappa shape index (κ3) is 7.66. The Bertz CT molecular complexity index is 661. The van der Waals surface area contributed by atoms with Crippen LogP contribution in [0, 0.1) is 0 Å². The molecule has 0 spiro atoms. The molecule has 0 fully saturated rings. The average molecular weight is 341 g/mol. The molecule has 0 heterocycles. The van der Waals surface area contributed by atoms with Crippen molar-refractivity contribution in [2.75, 3.05) is 0 Å². The number of amides is 1. The summed E-state index contributed by atoms with van der Waals surface area (Å²) in [6, 6.07) is 19.5. The second-order valence-electron chi connectivity index (χ2n) is 6.64. The highest BCUT2D eigenvalue weighted by Gasteiger charge is 2.19. The van der Waals surface area contributed by atoms with E-state index in [-0.39, 0.29) is 11.7 Å². The van der Waals surface area contributed by atoms with Crippen LogP contribution < -0.4 is 5.73 Å². The molecule has 0 radical (unpaired) electrons. The normalized spacial score (nSPS) is 11.7. The van der Waals surface area contributed by atoms with Crippen LogP contribution in [0.1, 0.15) is 56.0 Å². The van der Waals surface area contributed by atoms with Crippen molar-refractivity contribution in [1.29, 1.82) is 0 Å². The van der Waals surface area contributed by atoms with Gasteiger partial charge in [0.2, 0.25) is 0 Å². The van der Waals surface area contributed by atoms with Gasteiger partial charge in [-0.3, -0.25) is 4.79 Å². The van der Waals surface area contributed by atoms with E-state index in [9.17, 15) is 9.59 Å². The molecule has 0 saturated heterocycles. The Morgan fingerprint density at radius 1 is 0.960 bits per heavy atom. The Balaban J connectivity index is 0.000000333. The third-order valence-corrected chi connectivity index (χ3v) is 3.39. The van der Waals surface area contributed by atoms with Crippen LogP contribution in [0.5, 0.6) is 0 Å². The highest BCUT2D eigenvalue weighted by molar-refractivity contribution is 6.00. The molecule has 2 aromatic rings. The molecule has 0 aliphatic rings. The van der Waals surface area contributed by atoms with Crippen LogP contribution in [0.4, 0.5) is 4.79 Å². The van der Waals surface area contributed by atoms with E-state index in [0.717, 1.165) is 17.5 Å². The van der Waals surface area contributed by atoms with Gasteiger partial charge in [0.25, 0.3) is 0 Å². The third-order valence-electron chi connectivity index (χ3n) is 3.39. The van der Waals surface area contributed by atoms with Crippen LogP contribution in [-0.2, 0) is 4.74 Å². The molecule has 0 saturated carbocycles. The number of ketones is 1. The number of nitrogens with two attached hydrogens (primary N) is 1. The van der Waals surface area contributed by atoms with Crippen LogP contribution in [-0.4, -0.2) is 17.5 Å². The first kappa shape index (κ1) is 20.4. The SMILES string of the molecule is CC(C)(C)OC(N)=O.CCC(C(=O)c1ccccc1)c1ccccc1. The van der Waals surface area contributed by atoms with E-state index in [0.29, 0.717) is 0 Å². The Labute approximate surface area is 150 Å². The lowest BCUT2D eigenvalue weighted by Crippen LogP contribution is -2.27. The summed E-state index contributed by atoms with van der Waals surface area (Å²) in [6.07, 6.45) is 0.107. The molecule has 1 amide bonds. The van der Waals surface area contributed by atoms with Crippen molar-refractivity contribution in [3.63, 3.8) is 0 Å². The number of Topliss-reactive ketones (excluding diaryl/α,β-unsaturated/α-hetero) is 1. The van der Waals surface area contributed by atoms with Gasteiger partial charge in [-0.25, -0.2) is 4.79 Å². The van der Waals surface area contributed by atoms with Gasteiger partial charge in [-0.05, 0) is 32.8 Å². The minimum atomic E-state index is -0.725. The van der Waals surface area contributed by atoms with Crippen molar-refractivity contribution in [2.45, 2.75) is 45.6 Å². The highest BCUT2D eigenvalue weighted by atomic mass is 16.6. The quantitative estimate of drug-likeness (QED) is 0.800. The van der Waals surface area contributed by atoms with Gasteiger partial charge >= 0.3 is 6.09 Å². The van der Waals surface area contributed by atoms with Crippen molar-refractivity contribution < 1.29 is 14.3 Å². The molecule has 1 atom stereocenters. The predicted molar refractivity (Wildman–Crippen MR) is 101 cm³/mol. The molecular formula is C21H27NO3. The van der Waals surface area contributed by atoms with Gasteiger partial charge in [-0.15, -0.1) is 0 Å². The van der Waals surface area contributed by atoms with E-state index < -0.39 is 11.7 Å². The molecule has 2 N–H and O–H groups in total. The molecule has 0 bridgehead atoms. The van der Waals surface area contributed by atoms with E-state index >= 15 is 0 Å². The summed E-state index contributed by atoms with van der Waals surface area (Å²) in [5, 5.41) is 0. The monoisotopic (exact) mass is 341 g/mol. The molecule has 2 aromatic carbocycles. The fraction of sp³-hybridized carbons (Fsp3) is 0.333. The number of carbonyl (C=O) groups is 2. The summed E-state index contributed by atoms with van der Waals surface area (Å²) in [4.78, 5) is 22.4. The van der Waals surface area contributed by atoms with Gasteiger partial charge < -0.3 is 10.5 Å². The minimum absolute atomic E-state index is 0.0291. The molecule has 4 heteroatoms. The molecule has 0 aliphatic carbocycles. The van der Waals surface area contributed by atoms with Crippen LogP contribution >= 0.6 is 0 Å². The van der Waals surface area contributed by atoms with Crippen molar-refractivity contribution in [2.24, 2.45) is 5.73 Å². The van der Waals surface area contributed by atoms with Crippen molar-refractivity contribution in [3.8, 4) is 0 Å². The fourth-order valence-electron chi connectivity index (χ4n) is 2.36. The smallest absolute Gasteiger partial charge is 0.405 e. The lowest BCUT2D eigenvalue weighted by Gasteiger charge is -2.16. The second kappa shape index (κ2) is 9.62. The standard InChI is InChI=1S/C16H16O.C5H11NO2/c1-2-15(13-9-5-3-6-10-13)16(17)14-11-7-4-8-12-14;1-5(2,3)8-4(6)7/h3-12,15H,2H2,1H3;1-3H3,(H2,6,7). The van der Waals surface area contributed by atoms with Crippen molar-refractivity contribution in [3.05, 3.63) is 71.8 Å². The molecule has 4 nitrogen and oxygen atoms in total. The summed E-state index contributed by atoms with van der Waals surface area (Å²) in [6.45, 7) is 7.34. The lowest BCUT2D eigenvalue weighted by molar-refractivity contribution is 0.0600. The van der Waals surface area contributed by atoms with Crippen LogP contribution in [0.25, 0.3) is 0 Å². The maximum Gasteiger partial charge on any atom is 0.405 e. The highest BCUT2D eigenvalue weighted by Crippen LogP contribution is 2.23. The zero-order chi connectivity index (χ0) is 18.9. The van der Waals surface area contributed by atoms with Gasteiger partial charge in [0, 0.05) is 11.5 Å². The van der Waals surface area contributed by atoms with E-state index in [1.165, 1.54) is 0 Å². The second-order valence-corrected chi connectivity index (χ2v) is 6.64. The predicted octanol–water partition coefficient (Wildman–Crippen LogP) is 4.94. The van der Waals surface area contributed by atoms with Gasteiger partial charge in [-0.1, -0.05) is 67.6 Å². The minimum Gasteiger partial charge on any atom is -0.444 e. The van der Waals surface area contributed by atoms with Gasteiger partial charge in [0.1, 0.15) is 5.60 Å². The fourth-order valence-corrected chi connectivity index (χ4v) is 2.36. The van der Waals surface area contributed by atoms with E-state index in [1.807, 2.05) is 60.7 Å². The van der Waals surface area contributed by atoms with Gasteiger partial charge in [-0.2, -0.15) is 0 Å². The summed E-state index contributed by atoms with van der Waals surface area (Å²) in [7, 11) is 0. The van der Waals surface area contributed by atoms with Gasteiger partial charge in [0.05, 0.1) is 0 Å². The molecule has 1 unspecified atom stereocenters. The average Bonchev–Trinajstić information content (AvgIpc) is 2.55. The molecule has 25 heavy (non-hydrogen) atoms. The summed E-state index contributed by atoms with van der Waals surface area (Å²) in [5.74, 6) is 0.179. The van der Waals surface area contributed by atoms with Crippen molar-refractivity contribution >= 4 is 11.9 Å². The van der Waals surface area contributed by atoms with Crippen LogP contribution in [0.2, 0.25) is 0 Å².